The number of para-hydroxylation sites is 1. The average Bonchev–Trinajstić information content (AvgIpc) is 3.04. The molecule has 1 aliphatic rings. The number of nitrogens with one attached hydrogen (secondary N) is 1. The molecule has 4 aromatic rings. The van der Waals surface area contributed by atoms with Crippen LogP contribution in [0.25, 0.3) is 16.3 Å². The Balaban J connectivity index is 1.71. The van der Waals surface area contributed by atoms with E-state index in [2.05, 4.69) is 5.32 Å². The molecule has 0 fully saturated rings. The highest BCUT2D eigenvalue weighted by Gasteiger charge is 2.41. The fourth-order valence-electron chi connectivity index (χ4n) is 4.31. The minimum absolute atomic E-state index is 0.239. The van der Waals surface area contributed by atoms with Gasteiger partial charge in [-0.25, -0.2) is 4.90 Å². The van der Waals surface area contributed by atoms with Crippen LogP contribution in [0, 0.1) is 13.8 Å². The highest BCUT2D eigenvalue weighted by molar-refractivity contribution is 6.48. The van der Waals surface area contributed by atoms with Gasteiger partial charge in [-0.1, -0.05) is 83.9 Å². The van der Waals surface area contributed by atoms with Crippen LogP contribution in [0.5, 0.6) is 0 Å². The van der Waals surface area contributed by atoms with E-state index in [0.29, 0.717) is 16.3 Å². The van der Waals surface area contributed by atoms with Gasteiger partial charge in [-0.15, -0.1) is 0 Å². The standard InChI is InChI=1S/C28H21ClN2O2/c1-17-14-15-20(18(2)16-17)25-26(30-23-12-7-9-19-8-3-4-10-21(19)23)28(33)31(27(25)32)24-13-6-5-11-22(24)29/h3-16,30H,1-2H3. The number of halogens is 1. The monoisotopic (exact) mass is 452 g/mol. The van der Waals surface area contributed by atoms with Gasteiger partial charge in [0.05, 0.1) is 16.3 Å². The molecule has 4 aromatic carbocycles. The molecule has 162 valence electrons. The van der Waals surface area contributed by atoms with Crippen molar-refractivity contribution in [1.29, 1.82) is 0 Å². The first-order chi connectivity index (χ1) is 16.0. The van der Waals surface area contributed by atoms with Crippen molar-refractivity contribution in [2.24, 2.45) is 0 Å². The molecule has 0 bridgehead atoms. The van der Waals surface area contributed by atoms with Gasteiger partial charge in [0.15, 0.2) is 0 Å². The van der Waals surface area contributed by atoms with Crippen LogP contribution in [0.1, 0.15) is 16.7 Å². The number of imide groups is 1. The van der Waals surface area contributed by atoms with E-state index < -0.39 is 11.8 Å². The van der Waals surface area contributed by atoms with Crippen molar-refractivity contribution in [3.63, 3.8) is 0 Å². The van der Waals surface area contributed by atoms with Gasteiger partial charge in [0, 0.05) is 11.1 Å². The smallest absolute Gasteiger partial charge is 0.282 e. The van der Waals surface area contributed by atoms with E-state index in [0.717, 1.165) is 38.1 Å². The normalized spacial score (nSPS) is 13.8. The molecule has 33 heavy (non-hydrogen) atoms. The molecule has 0 aromatic heterocycles. The molecular weight excluding hydrogens is 432 g/mol. The number of hydrogen-bond acceptors (Lipinski definition) is 3. The highest BCUT2D eigenvalue weighted by Crippen LogP contribution is 2.38. The van der Waals surface area contributed by atoms with Gasteiger partial charge in [-0.05, 0) is 48.6 Å². The summed E-state index contributed by atoms with van der Waals surface area (Å²) in [7, 11) is 0. The molecular formula is C28H21ClN2O2. The number of benzene rings is 4. The van der Waals surface area contributed by atoms with Crippen molar-refractivity contribution in [1.82, 2.24) is 0 Å². The van der Waals surface area contributed by atoms with Crippen molar-refractivity contribution < 1.29 is 9.59 Å². The van der Waals surface area contributed by atoms with Gasteiger partial charge in [0.1, 0.15) is 5.70 Å². The molecule has 0 radical (unpaired) electrons. The molecule has 0 aliphatic carbocycles. The maximum atomic E-state index is 13.7. The summed E-state index contributed by atoms with van der Waals surface area (Å²) >= 11 is 6.38. The Bertz CT molecular complexity index is 1470. The number of rotatable bonds is 4. The molecule has 0 saturated heterocycles. The Hall–Kier alpha value is -3.89. The van der Waals surface area contributed by atoms with Gasteiger partial charge in [0.2, 0.25) is 0 Å². The number of anilines is 2. The first kappa shape index (κ1) is 21.0. The molecule has 1 N–H and O–H groups in total. The van der Waals surface area contributed by atoms with E-state index in [1.807, 2.05) is 74.5 Å². The van der Waals surface area contributed by atoms with Crippen molar-refractivity contribution in [2.45, 2.75) is 13.8 Å². The quantitative estimate of drug-likeness (QED) is 0.359. The summed E-state index contributed by atoms with van der Waals surface area (Å²) in [5, 5.41) is 5.64. The summed E-state index contributed by atoms with van der Waals surface area (Å²) in [4.78, 5) is 28.6. The van der Waals surface area contributed by atoms with Gasteiger partial charge >= 0.3 is 0 Å². The zero-order valence-electron chi connectivity index (χ0n) is 18.2. The molecule has 4 nitrogen and oxygen atoms in total. The largest absolute Gasteiger partial charge is 0.350 e. The van der Waals surface area contributed by atoms with Crippen LogP contribution in [0.15, 0.2) is 90.6 Å². The van der Waals surface area contributed by atoms with Crippen LogP contribution < -0.4 is 10.2 Å². The first-order valence-electron chi connectivity index (χ1n) is 10.7. The lowest BCUT2D eigenvalue weighted by Crippen LogP contribution is -2.32. The number of fused-ring (bicyclic) bond motifs is 1. The first-order valence-corrected chi connectivity index (χ1v) is 11.0. The number of hydrogen-bond donors (Lipinski definition) is 1. The molecule has 2 amide bonds. The summed E-state index contributed by atoms with van der Waals surface area (Å²) < 4.78 is 0. The molecule has 1 heterocycles. The topological polar surface area (TPSA) is 49.4 Å². The SMILES string of the molecule is Cc1ccc(C2=C(Nc3cccc4ccccc34)C(=O)N(c3ccccc3Cl)C2=O)c(C)c1. The fourth-order valence-corrected chi connectivity index (χ4v) is 4.53. The van der Waals surface area contributed by atoms with Crippen LogP contribution in [0.2, 0.25) is 5.02 Å². The van der Waals surface area contributed by atoms with Crippen LogP contribution in [-0.2, 0) is 9.59 Å². The predicted octanol–water partition coefficient (Wildman–Crippen LogP) is 6.51. The fraction of sp³-hybridized carbons (Fsp3) is 0.0714. The predicted molar refractivity (Wildman–Crippen MR) is 134 cm³/mol. The molecule has 0 unspecified atom stereocenters. The van der Waals surface area contributed by atoms with Crippen molar-refractivity contribution in [3.8, 4) is 0 Å². The summed E-state index contributed by atoms with van der Waals surface area (Å²) in [6.45, 7) is 3.94. The lowest BCUT2D eigenvalue weighted by molar-refractivity contribution is -0.120. The third-order valence-electron chi connectivity index (χ3n) is 5.88. The molecule has 1 aliphatic heterocycles. The Kier molecular flexibility index (Phi) is 5.23. The zero-order chi connectivity index (χ0) is 23.1. The summed E-state index contributed by atoms with van der Waals surface area (Å²) in [5.74, 6) is -0.834. The third-order valence-corrected chi connectivity index (χ3v) is 6.20. The molecule has 0 saturated carbocycles. The Morgan fingerprint density at radius 2 is 1.52 bits per heavy atom. The van der Waals surface area contributed by atoms with E-state index in [4.69, 9.17) is 11.6 Å². The average molecular weight is 453 g/mol. The lowest BCUT2D eigenvalue weighted by Gasteiger charge is -2.17. The number of aryl methyl sites for hydroxylation is 2. The number of carbonyl (C=O) groups is 2. The number of carbonyl (C=O) groups excluding carboxylic acids is 2. The van der Waals surface area contributed by atoms with Crippen molar-refractivity contribution >= 4 is 51.1 Å². The van der Waals surface area contributed by atoms with Gasteiger partial charge < -0.3 is 5.32 Å². The van der Waals surface area contributed by atoms with Crippen LogP contribution in [0.3, 0.4) is 0 Å². The van der Waals surface area contributed by atoms with E-state index in [1.54, 1.807) is 24.3 Å². The van der Waals surface area contributed by atoms with Crippen LogP contribution >= 0.6 is 11.6 Å². The number of nitrogens with zero attached hydrogens (tertiary/aromatic N) is 1. The molecule has 0 atom stereocenters. The van der Waals surface area contributed by atoms with E-state index >= 15 is 0 Å². The Morgan fingerprint density at radius 1 is 0.788 bits per heavy atom. The van der Waals surface area contributed by atoms with Gasteiger partial charge in [-0.3, -0.25) is 9.59 Å². The second kappa shape index (κ2) is 8.23. The Labute approximate surface area is 197 Å². The maximum Gasteiger partial charge on any atom is 0.282 e. The Morgan fingerprint density at radius 3 is 2.30 bits per heavy atom. The maximum absolute atomic E-state index is 13.7. The van der Waals surface area contributed by atoms with Gasteiger partial charge in [0.25, 0.3) is 11.8 Å². The van der Waals surface area contributed by atoms with E-state index in [9.17, 15) is 9.59 Å². The summed E-state index contributed by atoms with van der Waals surface area (Å²) in [6, 6.07) is 26.5. The summed E-state index contributed by atoms with van der Waals surface area (Å²) in [6.07, 6.45) is 0. The van der Waals surface area contributed by atoms with Crippen molar-refractivity contribution in [2.75, 3.05) is 10.2 Å². The van der Waals surface area contributed by atoms with Crippen LogP contribution in [0.4, 0.5) is 11.4 Å². The highest BCUT2D eigenvalue weighted by atomic mass is 35.5. The van der Waals surface area contributed by atoms with Crippen LogP contribution in [-0.4, -0.2) is 11.8 Å². The number of amides is 2. The zero-order valence-corrected chi connectivity index (χ0v) is 19.0. The lowest BCUT2D eigenvalue weighted by atomic mass is 9.97. The van der Waals surface area contributed by atoms with E-state index in [-0.39, 0.29) is 5.70 Å². The minimum atomic E-state index is -0.434. The minimum Gasteiger partial charge on any atom is -0.350 e. The molecule has 5 rings (SSSR count). The van der Waals surface area contributed by atoms with Crippen molar-refractivity contribution in [3.05, 3.63) is 112 Å². The second-order valence-electron chi connectivity index (χ2n) is 8.12. The van der Waals surface area contributed by atoms with E-state index in [1.165, 1.54) is 0 Å². The third kappa shape index (κ3) is 3.59. The van der Waals surface area contributed by atoms with Gasteiger partial charge in [-0.2, -0.15) is 0 Å². The summed E-state index contributed by atoms with van der Waals surface area (Å²) in [5.41, 5.74) is 4.42. The molecule has 0 spiro atoms. The second-order valence-corrected chi connectivity index (χ2v) is 8.52. The molecule has 5 heteroatoms.